The quantitative estimate of drug-likeness (QED) is 0.775. The summed E-state index contributed by atoms with van der Waals surface area (Å²) in [6.45, 7) is 8.12. The molecule has 0 N–H and O–H groups in total. The minimum Gasteiger partial charge on any atom is -0.492 e. The molecule has 1 saturated heterocycles. The highest BCUT2D eigenvalue weighted by Crippen LogP contribution is 2.33. The number of ether oxygens (including phenoxy) is 2. The Hall–Kier alpha value is -2.07. The third-order valence-electron chi connectivity index (χ3n) is 4.08. The van der Waals surface area contributed by atoms with E-state index in [-0.39, 0.29) is 6.10 Å². The Morgan fingerprint density at radius 3 is 2.75 bits per heavy atom. The van der Waals surface area contributed by atoms with E-state index in [4.69, 9.17) is 9.47 Å². The zero-order chi connectivity index (χ0) is 16.8. The van der Waals surface area contributed by atoms with Crippen molar-refractivity contribution in [3.63, 3.8) is 0 Å². The fourth-order valence-corrected chi connectivity index (χ4v) is 2.93. The van der Waals surface area contributed by atoms with Crippen LogP contribution >= 0.6 is 0 Å². The van der Waals surface area contributed by atoms with Crippen molar-refractivity contribution >= 4 is 0 Å². The molecule has 0 saturated carbocycles. The Balaban J connectivity index is 1.71. The second kappa shape index (κ2) is 8.15. The molecule has 0 spiro atoms. The molecule has 1 aliphatic heterocycles. The normalized spacial score (nSPS) is 15.0. The fraction of sp³-hybridized carbons (Fsp3) is 0.450. The first kappa shape index (κ1) is 16.8. The number of nitrogens with zero attached hydrogens (tertiary/aromatic N) is 2. The smallest absolute Gasteiger partial charge is 0.132 e. The molecule has 127 valence electrons. The first-order valence-electron chi connectivity index (χ1n) is 8.72. The maximum absolute atomic E-state index is 5.98. The van der Waals surface area contributed by atoms with Crippen LogP contribution in [0.1, 0.15) is 26.7 Å². The van der Waals surface area contributed by atoms with Crippen molar-refractivity contribution in [3.05, 3.63) is 42.6 Å². The Bertz CT molecular complexity index is 637. The number of hydrogen-bond donors (Lipinski definition) is 0. The zero-order valence-corrected chi connectivity index (χ0v) is 14.5. The van der Waals surface area contributed by atoms with Crippen LogP contribution in [0.4, 0.5) is 0 Å². The van der Waals surface area contributed by atoms with Gasteiger partial charge >= 0.3 is 0 Å². The molecule has 2 heterocycles. The lowest BCUT2D eigenvalue weighted by Crippen LogP contribution is -2.25. The zero-order valence-electron chi connectivity index (χ0n) is 14.5. The highest BCUT2D eigenvalue weighted by Gasteiger charge is 2.13. The Morgan fingerprint density at radius 1 is 1.21 bits per heavy atom. The molecular weight excluding hydrogens is 300 g/mol. The van der Waals surface area contributed by atoms with Gasteiger partial charge in [-0.1, -0.05) is 6.07 Å². The Labute approximate surface area is 144 Å². The summed E-state index contributed by atoms with van der Waals surface area (Å²) in [4.78, 5) is 6.76. The van der Waals surface area contributed by atoms with Gasteiger partial charge in [0.05, 0.1) is 18.0 Å². The van der Waals surface area contributed by atoms with Gasteiger partial charge < -0.3 is 9.47 Å². The van der Waals surface area contributed by atoms with Crippen molar-refractivity contribution in [2.24, 2.45) is 0 Å². The van der Waals surface area contributed by atoms with E-state index < -0.39 is 0 Å². The van der Waals surface area contributed by atoms with E-state index in [1.54, 1.807) is 6.07 Å². The largest absolute Gasteiger partial charge is 0.492 e. The first-order chi connectivity index (χ1) is 11.7. The van der Waals surface area contributed by atoms with Gasteiger partial charge in [-0.3, -0.25) is 4.90 Å². The molecule has 4 heteroatoms. The van der Waals surface area contributed by atoms with Crippen LogP contribution in [0.25, 0.3) is 11.3 Å². The lowest BCUT2D eigenvalue weighted by molar-refractivity contribution is 0.230. The monoisotopic (exact) mass is 325 g/mol. The second-order valence-electron chi connectivity index (χ2n) is 6.37. The molecule has 1 radical (unpaired) electrons. The molecule has 0 unspecified atom stereocenters. The number of hydrogen-bond acceptors (Lipinski definition) is 4. The molecule has 0 amide bonds. The molecule has 1 aromatic carbocycles. The molecule has 2 aromatic rings. The Kier molecular flexibility index (Phi) is 5.70. The van der Waals surface area contributed by atoms with Crippen molar-refractivity contribution in [3.8, 4) is 22.8 Å². The summed E-state index contributed by atoms with van der Waals surface area (Å²) in [5.74, 6) is 1.64. The SMILES string of the molecule is CC(C)Oc1cc(OCCN2CCCC2)ccc1-c1ccc[c]n1. The molecule has 4 nitrogen and oxygen atoms in total. The fourth-order valence-electron chi connectivity index (χ4n) is 2.93. The minimum atomic E-state index is 0.0938. The van der Waals surface area contributed by atoms with Gasteiger partial charge in [-0.05, 0) is 64.0 Å². The number of likely N-dealkylation sites (tertiary alicyclic amines) is 1. The van der Waals surface area contributed by atoms with Gasteiger partial charge in [0.1, 0.15) is 18.1 Å². The van der Waals surface area contributed by atoms with Crippen LogP contribution < -0.4 is 9.47 Å². The molecule has 3 rings (SSSR count). The van der Waals surface area contributed by atoms with E-state index in [2.05, 4.69) is 16.1 Å². The van der Waals surface area contributed by atoms with Crippen LogP contribution in [-0.2, 0) is 0 Å². The molecule has 1 aromatic heterocycles. The van der Waals surface area contributed by atoms with E-state index >= 15 is 0 Å². The summed E-state index contributed by atoms with van der Waals surface area (Å²) in [6.07, 6.45) is 5.59. The van der Waals surface area contributed by atoms with Crippen molar-refractivity contribution in [2.45, 2.75) is 32.8 Å². The van der Waals surface area contributed by atoms with Gasteiger partial charge in [0.25, 0.3) is 0 Å². The lowest BCUT2D eigenvalue weighted by atomic mass is 10.1. The first-order valence-corrected chi connectivity index (χ1v) is 8.72. The van der Waals surface area contributed by atoms with Crippen molar-refractivity contribution in [1.82, 2.24) is 9.88 Å². The van der Waals surface area contributed by atoms with Gasteiger partial charge in [-0.2, -0.15) is 0 Å². The highest BCUT2D eigenvalue weighted by molar-refractivity contribution is 5.68. The number of benzene rings is 1. The highest BCUT2D eigenvalue weighted by atomic mass is 16.5. The molecule has 24 heavy (non-hydrogen) atoms. The van der Waals surface area contributed by atoms with E-state index in [0.717, 1.165) is 29.3 Å². The van der Waals surface area contributed by atoms with Gasteiger partial charge in [0.2, 0.25) is 0 Å². The maximum atomic E-state index is 5.98. The van der Waals surface area contributed by atoms with E-state index in [9.17, 15) is 0 Å². The predicted molar refractivity (Wildman–Crippen MR) is 95.4 cm³/mol. The van der Waals surface area contributed by atoms with Crippen LogP contribution in [0.2, 0.25) is 0 Å². The molecule has 0 atom stereocenters. The van der Waals surface area contributed by atoms with Crippen LogP contribution in [0.3, 0.4) is 0 Å². The van der Waals surface area contributed by atoms with E-state index in [0.29, 0.717) is 6.61 Å². The number of aromatic nitrogens is 1. The predicted octanol–water partition coefficient (Wildman–Crippen LogP) is 3.81. The second-order valence-corrected chi connectivity index (χ2v) is 6.37. The maximum Gasteiger partial charge on any atom is 0.132 e. The summed E-state index contributed by atoms with van der Waals surface area (Å²) in [5, 5.41) is 0. The van der Waals surface area contributed by atoms with Crippen LogP contribution in [0.5, 0.6) is 11.5 Å². The molecule has 1 aliphatic rings. The Morgan fingerprint density at radius 2 is 2.04 bits per heavy atom. The van der Waals surface area contributed by atoms with Gasteiger partial charge in [0, 0.05) is 18.2 Å². The molecule has 0 bridgehead atoms. The summed E-state index contributed by atoms with van der Waals surface area (Å²) in [6, 6.07) is 11.7. The van der Waals surface area contributed by atoms with E-state index in [1.165, 1.54) is 25.9 Å². The van der Waals surface area contributed by atoms with Crippen molar-refractivity contribution < 1.29 is 9.47 Å². The van der Waals surface area contributed by atoms with Crippen LogP contribution in [0, 0.1) is 6.20 Å². The molecule has 1 fully saturated rings. The molecule has 0 aliphatic carbocycles. The standard InChI is InChI=1S/C20H25N2O2/c1-16(2)24-20-15-17(23-14-13-22-11-5-6-12-22)8-9-18(20)19-7-3-4-10-21-19/h3-4,7-9,15-16H,5-6,11-14H2,1-2H3. The van der Waals surface area contributed by atoms with Gasteiger partial charge in [0.15, 0.2) is 0 Å². The average molecular weight is 325 g/mol. The summed E-state index contributed by atoms with van der Waals surface area (Å²) in [5.41, 5.74) is 1.82. The molecular formula is C20H25N2O2. The minimum absolute atomic E-state index is 0.0938. The van der Waals surface area contributed by atoms with Gasteiger partial charge in [-0.25, -0.2) is 4.98 Å². The lowest BCUT2D eigenvalue weighted by Gasteiger charge is -2.17. The number of rotatable bonds is 7. The summed E-state index contributed by atoms with van der Waals surface area (Å²) in [7, 11) is 0. The third kappa shape index (κ3) is 4.48. The van der Waals surface area contributed by atoms with Crippen LogP contribution in [0.15, 0.2) is 36.4 Å². The number of pyridine rings is 1. The average Bonchev–Trinajstić information content (AvgIpc) is 3.09. The van der Waals surface area contributed by atoms with Crippen molar-refractivity contribution in [1.29, 1.82) is 0 Å². The third-order valence-corrected chi connectivity index (χ3v) is 4.08. The summed E-state index contributed by atoms with van der Waals surface area (Å²) >= 11 is 0. The van der Waals surface area contributed by atoms with Crippen molar-refractivity contribution in [2.75, 3.05) is 26.2 Å². The topological polar surface area (TPSA) is 34.6 Å². The van der Waals surface area contributed by atoms with Crippen LogP contribution in [-0.4, -0.2) is 42.2 Å². The van der Waals surface area contributed by atoms with E-state index in [1.807, 2.05) is 44.2 Å². The van der Waals surface area contributed by atoms with Gasteiger partial charge in [-0.15, -0.1) is 0 Å². The summed E-state index contributed by atoms with van der Waals surface area (Å²) < 4.78 is 11.9.